The number of hydrogen-bond acceptors (Lipinski definition) is 4. The van der Waals surface area contributed by atoms with E-state index < -0.39 is 0 Å². The largest absolute Gasteiger partial charge is 0.478 e. The van der Waals surface area contributed by atoms with E-state index in [0.717, 1.165) is 25.8 Å². The topological polar surface area (TPSA) is 47.0 Å². The second-order valence-electron chi connectivity index (χ2n) is 4.58. The number of aromatic nitrogens is 2. The molecule has 1 aromatic heterocycles. The van der Waals surface area contributed by atoms with Gasteiger partial charge in [0, 0.05) is 18.8 Å². The van der Waals surface area contributed by atoms with Crippen LogP contribution in [0.25, 0.3) is 0 Å². The maximum absolute atomic E-state index is 5.66. The smallest absolute Gasteiger partial charge is 0.225 e. The van der Waals surface area contributed by atoms with Gasteiger partial charge in [0.15, 0.2) is 0 Å². The average Bonchev–Trinajstić information content (AvgIpc) is 2.51. The van der Waals surface area contributed by atoms with E-state index in [1.54, 1.807) is 12.3 Å². The van der Waals surface area contributed by atoms with Crippen LogP contribution in [0.1, 0.15) is 25.3 Å². The maximum Gasteiger partial charge on any atom is 0.225 e. The van der Waals surface area contributed by atoms with Crippen molar-refractivity contribution < 1.29 is 4.74 Å². The fourth-order valence-electron chi connectivity index (χ4n) is 1.84. The van der Waals surface area contributed by atoms with Crippen molar-refractivity contribution in [3.63, 3.8) is 0 Å². The van der Waals surface area contributed by atoms with Crippen molar-refractivity contribution in [2.45, 2.75) is 26.2 Å². The van der Waals surface area contributed by atoms with Crippen LogP contribution in [0.5, 0.6) is 5.88 Å². The highest BCUT2D eigenvalue weighted by Crippen LogP contribution is 2.09. The van der Waals surface area contributed by atoms with E-state index in [0.29, 0.717) is 18.4 Å². The van der Waals surface area contributed by atoms with Crippen LogP contribution in [0.15, 0.2) is 42.6 Å². The van der Waals surface area contributed by atoms with E-state index in [2.05, 4.69) is 46.5 Å². The van der Waals surface area contributed by atoms with Gasteiger partial charge < -0.3 is 10.1 Å². The Morgan fingerprint density at radius 1 is 1.15 bits per heavy atom. The lowest BCUT2D eigenvalue weighted by Gasteiger charge is -2.07. The summed E-state index contributed by atoms with van der Waals surface area (Å²) in [6.45, 7) is 3.65. The molecule has 1 aromatic carbocycles. The van der Waals surface area contributed by atoms with Gasteiger partial charge in [-0.25, -0.2) is 4.98 Å². The lowest BCUT2D eigenvalue weighted by atomic mass is 10.1. The van der Waals surface area contributed by atoms with Gasteiger partial charge in [-0.15, -0.1) is 0 Å². The summed E-state index contributed by atoms with van der Waals surface area (Å²) in [5.74, 6) is 1.26. The SMILES string of the molecule is CCCNc1nccc(OCCCc2ccccc2)n1. The highest BCUT2D eigenvalue weighted by atomic mass is 16.5. The van der Waals surface area contributed by atoms with Crippen molar-refractivity contribution in [1.82, 2.24) is 9.97 Å². The number of ether oxygens (including phenoxy) is 1. The van der Waals surface area contributed by atoms with E-state index in [-0.39, 0.29) is 0 Å². The molecule has 0 aliphatic carbocycles. The van der Waals surface area contributed by atoms with Crippen LogP contribution in [0, 0.1) is 0 Å². The normalized spacial score (nSPS) is 10.2. The Morgan fingerprint density at radius 3 is 2.80 bits per heavy atom. The lowest BCUT2D eigenvalue weighted by Crippen LogP contribution is -2.06. The summed E-state index contributed by atoms with van der Waals surface area (Å²) >= 11 is 0. The molecule has 0 unspecified atom stereocenters. The Bertz CT molecular complexity index is 502. The Hall–Kier alpha value is -2.10. The Morgan fingerprint density at radius 2 is 2.00 bits per heavy atom. The minimum absolute atomic E-state index is 0.631. The van der Waals surface area contributed by atoms with Crippen molar-refractivity contribution in [2.75, 3.05) is 18.5 Å². The molecule has 1 heterocycles. The third-order valence-electron chi connectivity index (χ3n) is 2.87. The monoisotopic (exact) mass is 271 g/mol. The third kappa shape index (κ3) is 4.88. The van der Waals surface area contributed by atoms with Gasteiger partial charge >= 0.3 is 0 Å². The van der Waals surface area contributed by atoms with Crippen molar-refractivity contribution in [3.8, 4) is 5.88 Å². The van der Waals surface area contributed by atoms with Crippen molar-refractivity contribution >= 4 is 5.95 Å². The number of nitrogens with one attached hydrogen (secondary N) is 1. The van der Waals surface area contributed by atoms with E-state index in [1.165, 1.54) is 5.56 Å². The summed E-state index contributed by atoms with van der Waals surface area (Å²) in [6.07, 6.45) is 4.77. The Balaban J connectivity index is 1.73. The molecule has 0 fully saturated rings. The molecule has 0 aliphatic heterocycles. The predicted octanol–water partition coefficient (Wildman–Crippen LogP) is 3.31. The van der Waals surface area contributed by atoms with Crippen LogP contribution in [-0.4, -0.2) is 23.1 Å². The highest BCUT2D eigenvalue weighted by molar-refractivity contribution is 5.27. The molecule has 1 N–H and O–H groups in total. The van der Waals surface area contributed by atoms with Crippen LogP contribution < -0.4 is 10.1 Å². The van der Waals surface area contributed by atoms with Gasteiger partial charge in [-0.05, 0) is 24.8 Å². The van der Waals surface area contributed by atoms with Gasteiger partial charge in [-0.1, -0.05) is 37.3 Å². The second kappa shape index (κ2) is 8.15. The van der Waals surface area contributed by atoms with Crippen molar-refractivity contribution in [3.05, 3.63) is 48.2 Å². The van der Waals surface area contributed by atoms with Gasteiger partial charge in [0.2, 0.25) is 11.8 Å². The Kier molecular flexibility index (Phi) is 5.83. The maximum atomic E-state index is 5.66. The van der Waals surface area contributed by atoms with Crippen LogP contribution in [0.4, 0.5) is 5.95 Å². The molecule has 106 valence electrons. The first-order valence-electron chi connectivity index (χ1n) is 7.12. The zero-order valence-electron chi connectivity index (χ0n) is 11.9. The first-order chi connectivity index (χ1) is 9.88. The zero-order chi connectivity index (χ0) is 14.0. The van der Waals surface area contributed by atoms with E-state index in [4.69, 9.17) is 4.74 Å². The summed E-state index contributed by atoms with van der Waals surface area (Å²) in [4.78, 5) is 8.46. The van der Waals surface area contributed by atoms with Crippen LogP contribution in [-0.2, 0) is 6.42 Å². The molecule has 0 amide bonds. The van der Waals surface area contributed by atoms with Crippen molar-refractivity contribution in [2.24, 2.45) is 0 Å². The van der Waals surface area contributed by atoms with Crippen molar-refractivity contribution in [1.29, 1.82) is 0 Å². The molecular formula is C16H21N3O. The summed E-state index contributed by atoms with van der Waals surface area (Å²) in [5.41, 5.74) is 1.34. The molecule has 0 saturated carbocycles. The molecule has 0 spiro atoms. The quantitative estimate of drug-likeness (QED) is 0.748. The summed E-state index contributed by atoms with van der Waals surface area (Å²) < 4.78 is 5.66. The number of benzene rings is 1. The molecule has 0 atom stereocenters. The summed E-state index contributed by atoms with van der Waals surface area (Å²) in [7, 11) is 0. The zero-order valence-corrected chi connectivity index (χ0v) is 11.9. The predicted molar refractivity (Wildman–Crippen MR) is 81.1 cm³/mol. The first-order valence-corrected chi connectivity index (χ1v) is 7.12. The average molecular weight is 271 g/mol. The van der Waals surface area contributed by atoms with Crippen LogP contribution >= 0.6 is 0 Å². The lowest BCUT2D eigenvalue weighted by molar-refractivity contribution is 0.299. The first kappa shape index (κ1) is 14.3. The van der Waals surface area contributed by atoms with E-state index >= 15 is 0 Å². The minimum atomic E-state index is 0.631. The number of hydrogen-bond donors (Lipinski definition) is 1. The molecule has 0 bridgehead atoms. The Labute approximate surface area is 120 Å². The van der Waals surface area contributed by atoms with Gasteiger partial charge in [0.05, 0.1) is 6.61 Å². The molecule has 0 radical (unpaired) electrons. The fraction of sp³-hybridized carbons (Fsp3) is 0.375. The molecular weight excluding hydrogens is 250 g/mol. The van der Waals surface area contributed by atoms with Crippen LogP contribution in [0.3, 0.4) is 0 Å². The molecule has 2 rings (SSSR count). The third-order valence-corrected chi connectivity index (χ3v) is 2.87. The molecule has 4 heteroatoms. The van der Waals surface area contributed by atoms with Gasteiger partial charge in [0.25, 0.3) is 0 Å². The van der Waals surface area contributed by atoms with Crippen LogP contribution in [0.2, 0.25) is 0 Å². The second-order valence-corrected chi connectivity index (χ2v) is 4.58. The van der Waals surface area contributed by atoms with Gasteiger partial charge in [-0.3, -0.25) is 0 Å². The molecule has 4 nitrogen and oxygen atoms in total. The number of anilines is 1. The minimum Gasteiger partial charge on any atom is -0.478 e. The van der Waals surface area contributed by atoms with E-state index in [9.17, 15) is 0 Å². The molecule has 0 aliphatic rings. The molecule has 20 heavy (non-hydrogen) atoms. The highest BCUT2D eigenvalue weighted by Gasteiger charge is 1.99. The molecule has 0 saturated heterocycles. The standard InChI is InChI=1S/C16H21N3O/c1-2-11-17-16-18-12-10-15(19-16)20-13-6-9-14-7-4-3-5-8-14/h3-5,7-8,10,12H,2,6,9,11,13H2,1H3,(H,17,18,19). The summed E-state index contributed by atoms with van der Waals surface area (Å²) in [6, 6.07) is 12.2. The number of rotatable bonds is 8. The number of aryl methyl sites for hydroxylation is 1. The van der Waals surface area contributed by atoms with Gasteiger partial charge in [0.1, 0.15) is 0 Å². The van der Waals surface area contributed by atoms with Gasteiger partial charge in [-0.2, -0.15) is 4.98 Å². The number of nitrogens with zero attached hydrogens (tertiary/aromatic N) is 2. The summed E-state index contributed by atoms with van der Waals surface area (Å²) in [5, 5.41) is 3.15. The van der Waals surface area contributed by atoms with E-state index in [1.807, 2.05) is 6.07 Å². The molecule has 2 aromatic rings. The fourth-order valence-corrected chi connectivity index (χ4v) is 1.84.